The molecule has 1 N–H and O–H groups in total. The molecule has 28 heavy (non-hydrogen) atoms. The van der Waals surface area contributed by atoms with Crippen molar-refractivity contribution in [1.82, 2.24) is 0 Å². The number of ether oxygens (including phenoxy) is 2. The third-order valence-corrected chi connectivity index (χ3v) is 4.03. The van der Waals surface area contributed by atoms with Crippen molar-refractivity contribution in [3.05, 3.63) is 76.2 Å². The van der Waals surface area contributed by atoms with Gasteiger partial charge in [-0.25, -0.2) is 0 Å². The van der Waals surface area contributed by atoms with Crippen molar-refractivity contribution in [1.29, 1.82) is 0 Å². The molecule has 1 aromatic heterocycles. The molecule has 0 unspecified atom stereocenters. The van der Waals surface area contributed by atoms with Gasteiger partial charge in [-0.3, -0.25) is 4.79 Å². The fourth-order valence-electron chi connectivity index (χ4n) is 2.23. The Kier molecular flexibility index (Phi) is 6.38. The average molecular weight is 428 g/mol. The maximum atomic E-state index is 12.3. The Balaban J connectivity index is 1.59. The van der Waals surface area contributed by atoms with Gasteiger partial charge >= 0.3 is 6.61 Å². The maximum absolute atomic E-state index is 12.3. The average Bonchev–Trinajstić information content (AvgIpc) is 3.12. The third kappa shape index (κ3) is 5.37. The summed E-state index contributed by atoms with van der Waals surface area (Å²) in [6.07, 6.45) is 0. The molecule has 0 atom stereocenters. The zero-order valence-corrected chi connectivity index (χ0v) is 15.6. The van der Waals surface area contributed by atoms with E-state index in [1.807, 2.05) is 0 Å². The van der Waals surface area contributed by atoms with Gasteiger partial charge in [-0.2, -0.15) is 8.78 Å². The van der Waals surface area contributed by atoms with E-state index in [1.54, 1.807) is 30.3 Å². The molecule has 0 spiro atoms. The van der Waals surface area contributed by atoms with Crippen molar-refractivity contribution in [2.24, 2.45) is 0 Å². The largest absolute Gasteiger partial charge is 0.486 e. The van der Waals surface area contributed by atoms with Crippen LogP contribution in [0.5, 0.6) is 11.5 Å². The van der Waals surface area contributed by atoms with Crippen LogP contribution in [-0.2, 0) is 6.61 Å². The van der Waals surface area contributed by atoms with Crippen molar-refractivity contribution < 1.29 is 27.5 Å². The van der Waals surface area contributed by atoms with Crippen LogP contribution in [0.15, 0.2) is 59.0 Å². The van der Waals surface area contributed by atoms with Crippen LogP contribution < -0.4 is 14.8 Å². The Morgan fingerprint density at radius 3 is 2.50 bits per heavy atom. The number of anilines is 1. The number of nitrogens with one attached hydrogen (secondary N) is 1. The second-order valence-electron chi connectivity index (χ2n) is 5.49. The fraction of sp³-hybridized carbons (Fsp3) is 0.105. The Hall–Kier alpha value is -2.77. The van der Waals surface area contributed by atoms with Gasteiger partial charge in [0.1, 0.15) is 23.9 Å². The molecular formula is C19H13Cl2F2NO4. The molecule has 3 aromatic rings. The molecule has 2 aromatic carbocycles. The number of carbonyl (C=O) groups is 1. The molecule has 0 saturated carbocycles. The van der Waals surface area contributed by atoms with Gasteiger partial charge in [0.05, 0.1) is 5.02 Å². The van der Waals surface area contributed by atoms with Crippen LogP contribution in [0.2, 0.25) is 10.0 Å². The fourth-order valence-corrected chi connectivity index (χ4v) is 2.58. The second-order valence-corrected chi connectivity index (χ2v) is 6.33. The van der Waals surface area contributed by atoms with E-state index in [1.165, 1.54) is 24.3 Å². The zero-order chi connectivity index (χ0) is 20.1. The van der Waals surface area contributed by atoms with Crippen molar-refractivity contribution in [2.75, 3.05) is 5.32 Å². The van der Waals surface area contributed by atoms with Crippen LogP contribution in [0, 0.1) is 0 Å². The first-order valence-electron chi connectivity index (χ1n) is 7.93. The van der Waals surface area contributed by atoms with Crippen LogP contribution in [0.25, 0.3) is 0 Å². The summed E-state index contributed by atoms with van der Waals surface area (Å²) in [6, 6.07) is 13.8. The highest BCUT2D eigenvalue weighted by Crippen LogP contribution is 2.29. The van der Waals surface area contributed by atoms with Gasteiger partial charge in [0.15, 0.2) is 5.76 Å². The molecule has 0 saturated heterocycles. The molecule has 0 aliphatic carbocycles. The van der Waals surface area contributed by atoms with Gasteiger partial charge in [-0.05, 0) is 54.6 Å². The quantitative estimate of drug-likeness (QED) is 0.500. The van der Waals surface area contributed by atoms with E-state index in [0.717, 1.165) is 0 Å². The highest BCUT2D eigenvalue weighted by Gasteiger charge is 2.14. The Morgan fingerprint density at radius 1 is 1.07 bits per heavy atom. The first-order valence-corrected chi connectivity index (χ1v) is 8.69. The van der Waals surface area contributed by atoms with Crippen molar-refractivity contribution in [3.63, 3.8) is 0 Å². The Morgan fingerprint density at radius 2 is 1.82 bits per heavy atom. The second kappa shape index (κ2) is 8.95. The number of carbonyl (C=O) groups excluding carboxylic acids is 1. The maximum Gasteiger partial charge on any atom is 0.387 e. The lowest BCUT2D eigenvalue weighted by Gasteiger charge is -2.09. The molecular weight excluding hydrogens is 415 g/mol. The number of benzene rings is 2. The van der Waals surface area contributed by atoms with Gasteiger partial charge in [0.25, 0.3) is 5.91 Å². The summed E-state index contributed by atoms with van der Waals surface area (Å²) in [6.45, 7) is -2.87. The van der Waals surface area contributed by atoms with Gasteiger partial charge in [-0.1, -0.05) is 23.2 Å². The minimum atomic E-state index is -2.99. The topological polar surface area (TPSA) is 60.7 Å². The lowest BCUT2D eigenvalue weighted by molar-refractivity contribution is -0.0497. The Bertz CT molecular complexity index is 961. The molecule has 0 bridgehead atoms. The first kappa shape index (κ1) is 20.0. The van der Waals surface area contributed by atoms with E-state index < -0.39 is 12.5 Å². The molecule has 0 radical (unpaired) electrons. The molecule has 146 valence electrons. The van der Waals surface area contributed by atoms with Gasteiger partial charge in [0, 0.05) is 10.7 Å². The molecule has 1 amide bonds. The summed E-state index contributed by atoms with van der Waals surface area (Å²) in [5.74, 6) is 0.385. The Labute approximate surface area is 168 Å². The summed E-state index contributed by atoms with van der Waals surface area (Å²) >= 11 is 11.7. The van der Waals surface area contributed by atoms with E-state index in [0.29, 0.717) is 22.2 Å². The normalized spacial score (nSPS) is 10.8. The summed E-state index contributed by atoms with van der Waals surface area (Å²) < 4.78 is 39.7. The summed E-state index contributed by atoms with van der Waals surface area (Å²) in [5, 5.41) is 3.09. The van der Waals surface area contributed by atoms with E-state index >= 15 is 0 Å². The van der Waals surface area contributed by atoms with Crippen LogP contribution in [0.1, 0.15) is 16.3 Å². The highest BCUT2D eigenvalue weighted by molar-refractivity contribution is 6.32. The SMILES string of the molecule is O=C(Nc1ccc(OC(F)F)c(Cl)c1)c1ccc(COc2ccc(Cl)cc2)o1. The van der Waals surface area contributed by atoms with Gasteiger partial charge < -0.3 is 19.2 Å². The standard InChI is InChI=1S/C19H13Cl2F2NO4/c20-11-1-4-13(5-2-11)26-10-14-6-8-17(27-14)18(25)24-12-3-7-16(15(21)9-12)28-19(22)23/h1-9,19H,10H2,(H,24,25). The first-order chi connectivity index (χ1) is 13.4. The minimum Gasteiger partial charge on any atom is -0.486 e. The van der Waals surface area contributed by atoms with E-state index in [9.17, 15) is 13.6 Å². The molecule has 0 fully saturated rings. The number of hydrogen-bond donors (Lipinski definition) is 1. The smallest absolute Gasteiger partial charge is 0.387 e. The van der Waals surface area contributed by atoms with E-state index in [4.69, 9.17) is 32.4 Å². The number of rotatable bonds is 7. The molecule has 0 aliphatic rings. The van der Waals surface area contributed by atoms with E-state index in [2.05, 4.69) is 10.1 Å². The van der Waals surface area contributed by atoms with Gasteiger partial charge in [0.2, 0.25) is 0 Å². The number of halogens is 4. The van der Waals surface area contributed by atoms with Crippen LogP contribution in [-0.4, -0.2) is 12.5 Å². The van der Waals surface area contributed by atoms with Crippen molar-refractivity contribution in [2.45, 2.75) is 13.2 Å². The number of amides is 1. The summed E-state index contributed by atoms with van der Waals surface area (Å²) in [7, 11) is 0. The number of furan rings is 1. The van der Waals surface area contributed by atoms with Gasteiger partial charge in [-0.15, -0.1) is 0 Å². The van der Waals surface area contributed by atoms with E-state index in [-0.39, 0.29) is 23.1 Å². The molecule has 3 rings (SSSR count). The summed E-state index contributed by atoms with van der Waals surface area (Å²) in [4.78, 5) is 12.3. The number of alkyl halides is 2. The number of hydrogen-bond acceptors (Lipinski definition) is 4. The predicted molar refractivity (Wildman–Crippen MR) is 101 cm³/mol. The van der Waals surface area contributed by atoms with Crippen LogP contribution in [0.4, 0.5) is 14.5 Å². The van der Waals surface area contributed by atoms with Crippen LogP contribution in [0.3, 0.4) is 0 Å². The van der Waals surface area contributed by atoms with Crippen molar-refractivity contribution in [3.8, 4) is 11.5 Å². The molecule has 1 heterocycles. The zero-order valence-electron chi connectivity index (χ0n) is 14.1. The highest BCUT2D eigenvalue weighted by atomic mass is 35.5. The monoisotopic (exact) mass is 427 g/mol. The lowest BCUT2D eigenvalue weighted by Crippen LogP contribution is -2.11. The molecule has 9 heteroatoms. The molecule has 5 nitrogen and oxygen atoms in total. The van der Waals surface area contributed by atoms with Crippen LogP contribution >= 0.6 is 23.2 Å². The summed E-state index contributed by atoms with van der Waals surface area (Å²) in [5.41, 5.74) is 0.298. The van der Waals surface area contributed by atoms with Crippen molar-refractivity contribution >= 4 is 34.8 Å². The minimum absolute atomic E-state index is 0.0544. The third-order valence-electron chi connectivity index (χ3n) is 3.49. The predicted octanol–water partition coefficient (Wildman–Crippen LogP) is 6.02. The molecule has 0 aliphatic heterocycles. The lowest BCUT2D eigenvalue weighted by atomic mass is 10.3.